The number of likely N-dealkylation sites (N-methyl/N-ethyl adjacent to an activating group) is 1. The van der Waals surface area contributed by atoms with Gasteiger partial charge in [-0.15, -0.1) is 0 Å². The van der Waals surface area contributed by atoms with E-state index in [9.17, 15) is 9.59 Å². The molecule has 6 aromatic carbocycles. The smallest absolute Gasteiger partial charge is 0.205 e. The number of carbonyl (C=O) groups excluding carboxylic acids is 2. The van der Waals surface area contributed by atoms with Gasteiger partial charge in [-0.2, -0.15) is 0 Å². The number of ketones is 2. The Labute approximate surface area is 428 Å². The van der Waals surface area contributed by atoms with Crippen molar-refractivity contribution in [3.8, 4) is 0 Å². The maximum atomic E-state index is 13.7. The molecule has 0 fully saturated rings. The van der Waals surface area contributed by atoms with Gasteiger partial charge in [0, 0.05) is 93.8 Å². The number of anilines is 2. The first-order chi connectivity index (χ1) is 33.5. The molecule has 10 rings (SSSR count). The molecule has 0 aliphatic carbocycles. The summed E-state index contributed by atoms with van der Waals surface area (Å²) in [6.45, 7) is 7.55. The number of pyridine rings is 2. The topological polar surface area (TPSA) is 66.4 Å². The zero-order valence-electron chi connectivity index (χ0n) is 40.0. The molecule has 0 N–H and O–H groups in total. The Morgan fingerprint density at radius 1 is 0.600 bits per heavy atom. The van der Waals surface area contributed by atoms with E-state index < -0.39 is 5.41 Å². The summed E-state index contributed by atoms with van der Waals surface area (Å²) >= 11 is 6.67. The molecule has 8 heteroatoms. The van der Waals surface area contributed by atoms with Crippen LogP contribution in [0.3, 0.4) is 0 Å². The number of fused-ring (bicyclic) bond motifs is 4. The van der Waals surface area contributed by atoms with Crippen molar-refractivity contribution in [1.29, 1.82) is 0 Å². The van der Waals surface area contributed by atoms with Gasteiger partial charge in [0.05, 0.1) is 0 Å². The average Bonchev–Trinajstić information content (AvgIpc) is 3.73. The summed E-state index contributed by atoms with van der Waals surface area (Å²) in [6, 6.07) is 61.6. The number of allylic oxidation sites excluding steroid dienone is 4. The van der Waals surface area contributed by atoms with E-state index in [-0.39, 0.29) is 34.1 Å². The van der Waals surface area contributed by atoms with E-state index in [1.165, 1.54) is 38.6 Å². The summed E-state index contributed by atoms with van der Waals surface area (Å²) in [5.41, 5.74) is 10.5. The number of carbonyl (C=O) groups is 2. The van der Waals surface area contributed by atoms with Crippen LogP contribution in [0.2, 0.25) is 5.02 Å². The SMILES string of the molecule is CC(C)CCN1/C(=C\C(=O)c2ccccn2)C(Cc2ccccc2)(Cc2ccccc2)c2cc(Cl)ccc21.CN1/C(=C\C(=O)c2ccccn2)C(C)(Cc2ccccc2)c2c1ccc1ccccc21.[Cu]. The monoisotopic (exact) mass is 987 g/mol. The molecule has 0 saturated heterocycles. The molecule has 0 spiro atoms. The number of rotatable bonds is 13. The van der Waals surface area contributed by atoms with Crippen LogP contribution in [-0.2, 0) is 47.2 Å². The van der Waals surface area contributed by atoms with Crippen LogP contribution in [0.4, 0.5) is 11.4 Å². The maximum absolute atomic E-state index is 13.7. The van der Waals surface area contributed by atoms with Gasteiger partial charge in [0.15, 0.2) is 0 Å². The third kappa shape index (κ3) is 10.3. The Bertz CT molecular complexity index is 3100. The Hall–Kier alpha value is -6.89. The summed E-state index contributed by atoms with van der Waals surface area (Å²) in [7, 11) is 2.06. The fourth-order valence-electron chi connectivity index (χ4n) is 10.4. The largest absolute Gasteiger partial charge is 0.347 e. The number of aromatic nitrogens is 2. The fraction of sp³-hybridized carbons (Fsp3) is 0.194. The Balaban J connectivity index is 0.000000189. The molecule has 1 unspecified atom stereocenters. The number of halogens is 1. The van der Waals surface area contributed by atoms with Crippen molar-refractivity contribution in [3.63, 3.8) is 0 Å². The predicted octanol–water partition coefficient (Wildman–Crippen LogP) is 14.0. The van der Waals surface area contributed by atoms with E-state index in [0.717, 1.165) is 55.0 Å². The van der Waals surface area contributed by atoms with Crippen molar-refractivity contribution in [2.24, 2.45) is 5.92 Å². The van der Waals surface area contributed by atoms with Crippen LogP contribution < -0.4 is 9.80 Å². The Morgan fingerprint density at radius 3 is 1.64 bits per heavy atom. The number of benzene rings is 6. The van der Waals surface area contributed by atoms with E-state index >= 15 is 0 Å². The predicted molar refractivity (Wildman–Crippen MR) is 283 cm³/mol. The van der Waals surface area contributed by atoms with Gasteiger partial charge < -0.3 is 9.80 Å². The molecule has 8 aromatic rings. The first-order valence-electron chi connectivity index (χ1n) is 23.8. The zero-order valence-corrected chi connectivity index (χ0v) is 41.7. The molecule has 0 bridgehead atoms. The molecule has 355 valence electrons. The molecule has 4 heterocycles. The minimum absolute atomic E-state index is 0. The van der Waals surface area contributed by atoms with Crippen LogP contribution in [-0.4, -0.2) is 35.1 Å². The maximum Gasteiger partial charge on any atom is 0.205 e. The van der Waals surface area contributed by atoms with E-state index in [0.29, 0.717) is 22.3 Å². The minimum Gasteiger partial charge on any atom is -0.347 e. The molecule has 6 nitrogen and oxygen atoms in total. The molecule has 0 saturated carbocycles. The van der Waals surface area contributed by atoms with Crippen molar-refractivity contribution in [2.75, 3.05) is 23.4 Å². The summed E-state index contributed by atoms with van der Waals surface area (Å²) in [5.74, 6) is 0.370. The van der Waals surface area contributed by atoms with Crippen LogP contribution in [0, 0.1) is 5.92 Å². The first-order valence-corrected chi connectivity index (χ1v) is 24.2. The molecule has 70 heavy (non-hydrogen) atoms. The fourth-order valence-corrected chi connectivity index (χ4v) is 10.6. The molecule has 1 radical (unpaired) electrons. The summed E-state index contributed by atoms with van der Waals surface area (Å²) in [4.78, 5) is 40.0. The van der Waals surface area contributed by atoms with Crippen molar-refractivity contribution >= 4 is 45.3 Å². The minimum atomic E-state index is -0.482. The van der Waals surface area contributed by atoms with E-state index in [2.05, 4.69) is 169 Å². The molecule has 0 amide bonds. The van der Waals surface area contributed by atoms with Gasteiger partial charge in [0.2, 0.25) is 11.6 Å². The second-order valence-electron chi connectivity index (χ2n) is 18.9. The Kier molecular flexibility index (Phi) is 15.4. The molecular formula is C62H57ClCuN4O2. The van der Waals surface area contributed by atoms with Crippen molar-refractivity contribution in [1.82, 2.24) is 9.97 Å². The van der Waals surface area contributed by atoms with Crippen molar-refractivity contribution < 1.29 is 26.7 Å². The third-order valence-corrected chi connectivity index (χ3v) is 13.9. The summed E-state index contributed by atoms with van der Waals surface area (Å²) in [5, 5.41) is 3.15. The van der Waals surface area contributed by atoms with Crippen LogP contribution in [0.15, 0.2) is 218 Å². The van der Waals surface area contributed by atoms with Gasteiger partial charge in [-0.3, -0.25) is 19.6 Å². The standard InChI is InChI=1S/C34H33ClN2O.C28H24N2O.Cu/c1-25(2)18-20-37-31-17-16-28(35)21-29(31)34(23-26-11-5-3-6-12-26,24-27-13-7-4-8-14-27)33(37)22-32(38)30-15-9-10-19-36-30;1-28(19-20-10-4-3-5-11-20)26(18-25(31)23-14-8-9-17-29-23)30(2)24-16-15-21-12-6-7-13-22(21)27(24)28;/h3-17,19,21-22,25H,18,20,23-24H2,1-2H3;3-18H,19H2,1-2H3;/b33-22-;26-18-;. The molecule has 2 aromatic heterocycles. The van der Waals surface area contributed by atoms with Crippen LogP contribution >= 0.6 is 11.6 Å². The van der Waals surface area contributed by atoms with E-state index in [1.807, 2.05) is 54.6 Å². The summed E-state index contributed by atoms with van der Waals surface area (Å²) in [6.07, 6.45) is 10.3. The quantitative estimate of drug-likeness (QED) is 0.0651. The van der Waals surface area contributed by atoms with Crippen LogP contribution in [0.5, 0.6) is 0 Å². The zero-order chi connectivity index (χ0) is 48.0. The molecule has 2 aliphatic rings. The average molecular weight is 989 g/mol. The number of nitrogens with zero attached hydrogens (tertiary/aromatic N) is 4. The van der Waals surface area contributed by atoms with Crippen LogP contribution in [0.25, 0.3) is 10.8 Å². The van der Waals surface area contributed by atoms with Gasteiger partial charge in [0.25, 0.3) is 0 Å². The first kappa shape index (κ1) is 49.5. The van der Waals surface area contributed by atoms with Crippen molar-refractivity contribution in [2.45, 2.75) is 57.3 Å². The third-order valence-electron chi connectivity index (χ3n) is 13.7. The molecule has 2 aliphatic heterocycles. The van der Waals surface area contributed by atoms with Gasteiger partial charge >= 0.3 is 0 Å². The van der Waals surface area contributed by atoms with Gasteiger partial charge in [-0.05, 0) is 126 Å². The summed E-state index contributed by atoms with van der Waals surface area (Å²) < 4.78 is 0. The Morgan fingerprint density at radius 2 is 1.10 bits per heavy atom. The number of hydrogen-bond donors (Lipinski definition) is 0. The van der Waals surface area contributed by atoms with E-state index in [4.69, 9.17) is 11.6 Å². The van der Waals surface area contributed by atoms with Crippen molar-refractivity contribution in [3.05, 3.63) is 262 Å². The van der Waals surface area contributed by atoms with Crippen LogP contribution in [0.1, 0.15) is 76.0 Å². The molecular weight excluding hydrogens is 932 g/mol. The van der Waals surface area contributed by atoms with Gasteiger partial charge in [0.1, 0.15) is 11.4 Å². The number of hydrogen-bond acceptors (Lipinski definition) is 6. The second-order valence-corrected chi connectivity index (χ2v) is 19.3. The normalized spacial score (nSPS) is 16.7. The second kappa shape index (κ2) is 21.8. The van der Waals surface area contributed by atoms with Gasteiger partial charge in [-0.25, -0.2) is 0 Å². The van der Waals surface area contributed by atoms with E-state index in [1.54, 1.807) is 30.6 Å². The molecule has 1 atom stereocenters. The van der Waals surface area contributed by atoms with Gasteiger partial charge in [-0.1, -0.05) is 159 Å².